The summed E-state index contributed by atoms with van der Waals surface area (Å²) in [6, 6.07) is 10.5. The summed E-state index contributed by atoms with van der Waals surface area (Å²) in [7, 11) is 0. The van der Waals surface area contributed by atoms with Crippen LogP contribution >= 0.6 is 11.3 Å². The van der Waals surface area contributed by atoms with Gasteiger partial charge in [-0.05, 0) is 56.2 Å². The number of nitrogens with one attached hydrogen (secondary N) is 1. The molecule has 0 aliphatic rings. The van der Waals surface area contributed by atoms with Crippen molar-refractivity contribution in [2.45, 2.75) is 20.8 Å². The van der Waals surface area contributed by atoms with E-state index in [2.05, 4.69) is 28.3 Å². The molecule has 0 bridgehead atoms. The van der Waals surface area contributed by atoms with Crippen LogP contribution in [0, 0.1) is 13.8 Å². The van der Waals surface area contributed by atoms with Gasteiger partial charge in [0.2, 0.25) is 0 Å². The molecular weight excluding hydrogens is 322 g/mol. The van der Waals surface area contributed by atoms with Crippen molar-refractivity contribution in [3.8, 4) is 5.75 Å². The highest BCUT2D eigenvalue weighted by Crippen LogP contribution is 2.32. The number of aryl methyl sites for hydroxylation is 2. The number of fused-ring (bicyclic) bond motifs is 2. The van der Waals surface area contributed by atoms with Crippen molar-refractivity contribution < 1.29 is 9.15 Å². The van der Waals surface area contributed by atoms with Gasteiger partial charge in [0, 0.05) is 0 Å². The first-order chi connectivity index (χ1) is 11.6. The summed E-state index contributed by atoms with van der Waals surface area (Å²) < 4.78 is 12.4. The van der Waals surface area contributed by atoms with E-state index in [9.17, 15) is 0 Å². The van der Waals surface area contributed by atoms with Gasteiger partial charge >= 0.3 is 6.01 Å². The van der Waals surface area contributed by atoms with Gasteiger partial charge in [0.1, 0.15) is 11.3 Å². The van der Waals surface area contributed by atoms with Crippen LogP contribution in [0.4, 0.5) is 11.1 Å². The molecule has 2 aromatic heterocycles. The Balaban J connectivity index is 1.67. The molecule has 5 nitrogen and oxygen atoms in total. The predicted molar refractivity (Wildman–Crippen MR) is 97.6 cm³/mol. The average Bonchev–Trinajstić information content (AvgIpc) is 3.10. The fourth-order valence-electron chi connectivity index (χ4n) is 2.74. The summed E-state index contributed by atoms with van der Waals surface area (Å²) >= 11 is 1.55. The van der Waals surface area contributed by atoms with Crippen LogP contribution in [0.5, 0.6) is 5.75 Å². The van der Waals surface area contributed by atoms with Crippen molar-refractivity contribution in [3.63, 3.8) is 0 Å². The maximum absolute atomic E-state index is 5.84. The van der Waals surface area contributed by atoms with Gasteiger partial charge in [0.15, 0.2) is 10.7 Å². The first-order valence-electron chi connectivity index (χ1n) is 7.80. The number of oxazole rings is 1. The molecule has 2 aromatic carbocycles. The van der Waals surface area contributed by atoms with Crippen LogP contribution in [0.15, 0.2) is 34.7 Å². The van der Waals surface area contributed by atoms with Gasteiger partial charge in [-0.3, -0.25) is 5.32 Å². The van der Waals surface area contributed by atoms with Gasteiger partial charge in [0.25, 0.3) is 0 Å². The minimum absolute atomic E-state index is 0.461. The second kappa shape index (κ2) is 5.79. The average molecular weight is 339 g/mol. The predicted octanol–water partition coefficient (Wildman–Crippen LogP) is 5.20. The number of ether oxygens (including phenoxy) is 1. The lowest BCUT2D eigenvalue weighted by Gasteiger charge is -2.00. The lowest BCUT2D eigenvalue weighted by atomic mass is 10.1. The van der Waals surface area contributed by atoms with Crippen LogP contribution in [0.25, 0.3) is 21.3 Å². The van der Waals surface area contributed by atoms with Crippen molar-refractivity contribution in [2.75, 3.05) is 11.9 Å². The van der Waals surface area contributed by atoms with E-state index < -0.39 is 0 Å². The Bertz CT molecular complexity index is 1040. The largest absolute Gasteiger partial charge is 0.494 e. The molecule has 0 unspecified atom stereocenters. The zero-order valence-electron chi connectivity index (χ0n) is 13.7. The van der Waals surface area contributed by atoms with Crippen molar-refractivity contribution in [2.24, 2.45) is 0 Å². The van der Waals surface area contributed by atoms with Gasteiger partial charge in [-0.25, -0.2) is 4.98 Å². The SMILES string of the molecule is CCOc1ccc2nc(Nc3nc4cc(C)cc(C)c4o3)sc2c1. The third kappa shape index (κ3) is 2.69. The Morgan fingerprint density at radius 3 is 2.83 bits per heavy atom. The molecule has 0 saturated heterocycles. The monoisotopic (exact) mass is 339 g/mol. The van der Waals surface area contributed by atoms with E-state index in [-0.39, 0.29) is 0 Å². The molecule has 4 aromatic rings. The maximum atomic E-state index is 5.84. The Labute approximate surface area is 143 Å². The van der Waals surface area contributed by atoms with E-state index >= 15 is 0 Å². The Hall–Kier alpha value is -2.60. The normalized spacial score (nSPS) is 11.3. The highest BCUT2D eigenvalue weighted by Gasteiger charge is 2.11. The molecule has 0 aliphatic heterocycles. The quantitative estimate of drug-likeness (QED) is 0.554. The topological polar surface area (TPSA) is 60.2 Å². The van der Waals surface area contributed by atoms with Gasteiger partial charge in [-0.1, -0.05) is 17.4 Å². The third-order valence-corrected chi connectivity index (χ3v) is 4.64. The number of nitrogens with zero attached hydrogens (tertiary/aromatic N) is 2. The lowest BCUT2D eigenvalue weighted by Crippen LogP contribution is -1.90. The molecule has 0 radical (unpaired) electrons. The van der Waals surface area contributed by atoms with Crippen LogP contribution in [0.3, 0.4) is 0 Å². The molecule has 0 amide bonds. The highest BCUT2D eigenvalue weighted by atomic mass is 32.1. The molecule has 0 aliphatic carbocycles. The number of hydrogen-bond donors (Lipinski definition) is 1. The summed E-state index contributed by atoms with van der Waals surface area (Å²) in [4.78, 5) is 9.08. The van der Waals surface area contributed by atoms with Crippen molar-refractivity contribution >= 4 is 43.8 Å². The molecule has 0 atom stereocenters. The number of aromatic nitrogens is 2. The van der Waals surface area contributed by atoms with E-state index in [1.165, 1.54) is 5.56 Å². The number of benzene rings is 2. The van der Waals surface area contributed by atoms with E-state index in [1.807, 2.05) is 38.1 Å². The first-order valence-corrected chi connectivity index (χ1v) is 8.62. The van der Waals surface area contributed by atoms with Crippen LogP contribution in [-0.4, -0.2) is 16.6 Å². The summed E-state index contributed by atoms with van der Waals surface area (Å²) in [5.74, 6) is 0.855. The molecule has 2 heterocycles. The summed E-state index contributed by atoms with van der Waals surface area (Å²) in [5.41, 5.74) is 4.84. The van der Waals surface area contributed by atoms with E-state index in [0.29, 0.717) is 12.6 Å². The molecule has 0 fully saturated rings. The molecule has 4 rings (SSSR count). The first kappa shape index (κ1) is 15.0. The molecule has 0 spiro atoms. The van der Waals surface area contributed by atoms with Gasteiger partial charge in [0.05, 0.1) is 16.8 Å². The second-order valence-corrected chi connectivity index (χ2v) is 6.69. The molecule has 1 N–H and O–H groups in total. The minimum atomic E-state index is 0.461. The minimum Gasteiger partial charge on any atom is -0.494 e. The van der Waals surface area contributed by atoms with Crippen molar-refractivity contribution in [1.82, 2.24) is 9.97 Å². The number of rotatable bonds is 4. The third-order valence-electron chi connectivity index (χ3n) is 3.70. The van der Waals surface area contributed by atoms with Gasteiger partial charge in [-0.2, -0.15) is 4.98 Å². The Morgan fingerprint density at radius 1 is 1.12 bits per heavy atom. The number of anilines is 2. The van der Waals surface area contributed by atoms with Crippen molar-refractivity contribution in [1.29, 1.82) is 0 Å². The van der Waals surface area contributed by atoms with Crippen LogP contribution in [0.1, 0.15) is 18.1 Å². The van der Waals surface area contributed by atoms with Crippen LogP contribution < -0.4 is 10.1 Å². The van der Waals surface area contributed by atoms with Crippen LogP contribution in [-0.2, 0) is 0 Å². The zero-order valence-corrected chi connectivity index (χ0v) is 14.5. The summed E-state index contributed by atoms with van der Waals surface area (Å²) in [5, 5.41) is 3.92. The van der Waals surface area contributed by atoms with Gasteiger partial charge < -0.3 is 9.15 Å². The van der Waals surface area contributed by atoms with Crippen molar-refractivity contribution in [3.05, 3.63) is 41.5 Å². The highest BCUT2D eigenvalue weighted by molar-refractivity contribution is 7.22. The smallest absolute Gasteiger partial charge is 0.302 e. The van der Waals surface area contributed by atoms with E-state index in [4.69, 9.17) is 9.15 Å². The maximum Gasteiger partial charge on any atom is 0.302 e. The number of hydrogen-bond acceptors (Lipinski definition) is 6. The van der Waals surface area contributed by atoms with E-state index in [1.54, 1.807) is 11.3 Å². The Kier molecular flexibility index (Phi) is 3.61. The fraction of sp³-hybridized carbons (Fsp3) is 0.222. The molecular formula is C18H17N3O2S. The lowest BCUT2D eigenvalue weighted by molar-refractivity contribution is 0.341. The Morgan fingerprint density at radius 2 is 2.00 bits per heavy atom. The van der Waals surface area contributed by atoms with E-state index in [0.717, 1.165) is 37.8 Å². The van der Waals surface area contributed by atoms with Gasteiger partial charge in [-0.15, -0.1) is 0 Å². The number of thiazole rings is 1. The molecule has 24 heavy (non-hydrogen) atoms. The summed E-state index contributed by atoms with van der Waals surface area (Å²) in [6.45, 7) is 6.70. The second-order valence-electron chi connectivity index (χ2n) is 5.66. The zero-order chi connectivity index (χ0) is 16.7. The molecule has 0 saturated carbocycles. The fourth-order valence-corrected chi connectivity index (χ4v) is 3.62. The molecule has 6 heteroatoms. The summed E-state index contributed by atoms with van der Waals surface area (Å²) in [6.07, 6.45) is 0. The molecule has 122 valence electrons. The van der Waals surface area contributed by atoms with Crippen LogP contribution in [0.2, 0.25) is 0 Å². The standard InChI is InChI=1S/C18H17N3O2S/c1-4-22-12-5-6-13-15(9-12)24-18(20-13)21-17-19-14-8-10(2)7-11(3)16(14)23-17/h5-9H,4H2,1-3H3,(H,19,20,21).